The molecule has 1 aliphatic carbocycles. The summed E-state index contributed by atoms with van der Waals surface area (Å²) in [4.78, 5) is 2.37. The molecular formula is C9H17NO. The third kappa shape index (κ3) is 0.651. The van der Waals surface area contributed by atoms with Crippen molar-refractivity contribution in [2.45, 2.75) is 13.8 Å². The Bertz CT molecular complexity index is 176. The van der Waals surface area contributed by atoms with Crippen molar-refractivity contribution in [1.82, 2.24) is 4.90 Å². The van der Waals surface area contributed by atoms with E-state index >= 15 is 0 Å². The van der Waals surface area contributed by atoms with Gasteiger partial charge in [-0.2, -0.15) is 0 Å². The summed E-state index contributed by atoms with van der Waals surface area (Å²) in [7, 11) is 2.16. The number of aliphatic hydroxyl groups excluding tert-OH is 1. The summed E-state index contributed by atoms with van der Waals surface area (Å²) < 4.78 is 0. The summed E-state index contributed by atoms with van der Waals surface area (Å²) in [6, 6.07) is 0. The van der Waals surface area contributed by atoms with Crippen LogP contribution in [-0.4, -0.2) is 36.8 Å². The molecule has 2 heteroatoms. The van der Waals surface area contributed by atoms with Gasteiger partial charge in [0.25, 0.3) is 0 Å². The molecular weight excluding hydrogens is 138 g/mol. The minimum absolute atomic E-state index is 0.376. The lowest BCUT2D eigenvalue weighted by Gasteiger charge is -2.16. The van der Waals surface area contributed by atoms with E-state index in [1.54, 1.807) is 0 Å². The summed E-state index contributed by atoms with van der Waals surface area (Å²) in [6.07, 6.45) is 0. The van der Waals surface area contributed by atoms with Crippen molar-refractivity contribution in [1.29, 1.82) is 0 Å². The van der Waals surface area contributed by atoms with Gasteiger partial charge in [0, 0.05) is 19.7 Å². The van der Waals surface area contributed by atoms with E-state index in [2.05, 4.69) is 25.8 Å². The zero-order valence-corrected chi connectivity index (χ0v) is 7.59. The second-order valence-electron chi connectivity index (χ2n) is 4.74. The number of hydrogen-bond donors (Lipinski definition) is 1. The minimum Gasteiger partial charge on any atom is -0.396 e. The van der Waals surface area contributed by atoms with Gasteiger partial charge in [0.2, 0.25) is 0 Å². The highest BCUT2D eigenvalue weighted by Gasteiger charge is 2.73. The number of aliphatic hydroxyl groups is 1. The smallest absolute Gasteiger partial charge is 0.0471 e. The highest BCUT2D eigenvalue weighted by atomic mass is 16.3. The van der Waals surface area contributed by atoms with Crippen molar-refractivity contribution in [3.8, 4) is 0 Å². The van der Waals surface area contributed by atoms with E-state index in [0.29, 0.717) is 23.4 Å². The van der Waals surface area contributed by atoms with Gasteiger partial charge < -0.3 is 10.0 Å². The van der Waals surface area contributed by atoms with Gasteiger partial charge >= 0.3 is 0 Å². The molecule has 1 N–H and O–H groups in total. The van der Waals surface area contributed by atoms with Crippen LogP contribution in [0, 0.1) is 16.7 Å². The van der Waals surface area contributed by atoms with E-state index in [9.17, 15) is 0 Å². The highest BCUT2D eigenvalue weighted by molar-refractivity contribution is 5.22. The summed E-state index contributed by atoms with van der Waals surface area (Å²) >= 11 is 0. The number of likely N-dealkylation sites (tertiary alicyclic amines) is 1. The first kappa shape index (κ1) is 7.56. The summed E-state index contributed by atoms with van der Waals surface area (Å²) in [5, 5.41) is 9.11. The second-order valence-corrected chi connectivity index (χ2v) is 4.74. The quantitative estimate of drug-likeness (QED) is 0.598. The van der Waals surface area contributed by atoms with Crippen molar-refractivity contribution in [3.63, 3.8) is 0 Å². The predicted octanol–water partition coefficient (Wildman–Crippen LogP) is 0.567. The molecule has 64 valence electrons. The molecule has 0 bridgehead atoms. The number of nitrogens with zero attached hydrogens (tertiary/aromatic N) is 1. The molecule has 2 fully saturated rings. The van der Waals surface area contributed by atoms with Gasteiger partial charge in [0.15, 0.2) is 0 Å². The Hall–Kier alpha value is -0.0800. The zero-order valence-electron chi connectivity index (χ0n) is 7.59. The van der Waals surface area contributed by atoms with Gasteiger partial charge in [-0.05, 0) is 23.8 Å². The molecule has 0 spiro atoms. The molecule has 1 saturated carbocycles. The first-order valence-electron chi connectivity index (χ1n) is 4.34. The highest BCUT2D eigenvalue weighted by Crippen LogP contribution is 2.72. The normalized spacial score (nSPS) is 56.2. The maximum atomic E-state index is 9.11. The SMILES string of the molecule is CN1C[C@@]2(C)C(CO)[C@@]2(C)C1. The molecule has 11 heavy (non-hydrogen) atoms. The molecule has 2 rings (SSSR count). The number of fused-ring (bicyclic) bond motifs is 1. The van der Waals surface area contributed by atoms with Crippen molar-refractivity contribution in [3.05, 3.63) is 0 Å². The first-order chi connectivity index (χ1) is 5.04. The number of hydrogen-bond acceptors (Lipinski definition) is 2. The monoisotopic (exact) mass is 155 g/mol. The molecule has 0 amide bonds. The molecule has 1 heterocycles. The molecule has 2 aliphatic rings. The average Bonchev–Trinajstić information content (AvgIpc) is 2.15. The van der Waals surface area contributed by atoms with E-state index in [-0.39, 0.29) is 0 Å². The molecule has 2 nitrogen and oxygen atoms in total. The molecule has 0 aromatic rings. The van der Waals surface area contributed by atoms with E-state index in [1.807, 2.05) is 0 Å². The van der Waals surface area contributed by atoms with E-state index in [4.69, 9.17) is 5.11 Å². The minimum atomic E-state index is 0.376. The number of piperidine rings is 1. The fourth-order valence-corrected chi connectivity index (χ4v) is 3.24. The Morgan fingerprint density at radius 2 is 1.82 bits per heavy atom. The maximum Gasteiger partial charge on any atom is 0.0471 e. The molecule has 1 saturated heterocycles. The Morgan fingerprint density at radius 3 is 2.18 bits per heavy atom. The van der Waals surface area contributed by atoms with Crippen LogP contribution >= 0.6 is 0 Å². The standard InChI is InChI=1S/C9H17NO/c1-8-5-10(3)6-9(8,2)7(8)4-11/h7,11H,4-6H2,1-3H3/t7?,8-,9+. The lowest BCUT2D eigenvalue weighted by Crippen LogP contribution is -2.24. The topological polar surface area (TPSA) is 23.5 Å². The molecule has 0 radical (unpaired) electrons. The van der Waals surface area contributed by atoms with Crippen LogP contribution in [0.3, 0.4) is 0 Å². The van der Waals surface area contributed by atoms with Crippen molar-refractivity contribution in [2.75, 3.05) is 26.7 Å². The Morgan fingerprint density at radius 1 is 1.36 bits per heavy atom. The van der Waals surface area contributed by atoms with Gasteiger partial charge in [-0.1, -0.05) is 13.8 Å². The van der Waals surface area contributed by atoms with Crippen LogP contribution in [0.2, 0.25) is 0 Å². The lowest BCUT2D eigenvalue weighted by atomic mass is 10.0. The zero-order chi connectivity index (χ0) is 8.28. The summed E-state index contributed by atoms with van der Waals surface area (Å²) in [6.45, 7) is 7.30. The fourth-order valence-electron chi connectivity index (χ4n) is 3.24. The second kappa shape index (κ2) is 1.80. The summed E-state index contributed by atoms with van der Waals surface area (Å²) in [5.41, 5.74) is 0.826. The van der Waals surface area contributed by atoms with Crippen molar-refractivity contribution in [2.24, 2.45) is 16.7 Å². The fraction of sp³-hybridized carbons (Fsp3) is 1.00. The maximum absolute atomic E-state index is 9.11. The van der Waals surface area contributed by atoms with Crippen molar-refractivity contribution >= 4 is 0 Å². The average molecular weight is 155 g/mol. The first-order valence-corrected chi connectivity index (χ1v) is 4.34. The largest absolute Gasteiger partial charge is 0.396 e. The third-order valence-corrected chi connectivity index (χ3v) is 4.14. The van der Waals surface area contributed by atoms with Crippen molar-refractivity contribution < 1.29 is 5.11 Å². The predicted molar refractivity (Wildman–Crippen MR) is 44.3 cm³/mol. The molecule has 1 unspecified atom stereocenters. The Labute approximate surface area is 68.2 Å². The van der Waals surface area contributed by atoms with Crippen LogP contribution in [0.25, 0.3) is 0 Å². The van der Waals surface area contributed by atoms with Gasteiger partial charge in [0.05, 0.1) is 0 Å². The van der Waals surface area contributed by atoms with Crippen LogP contribution < -0.4 is 0 Å². The molecule has 0 aromatic heterocycles. The Balaban J connectivity index is 2.19. The van der Waals surface area contributed by atoms with Crippen LogP contribution in [0.4, 0.5) is 0 Å². The van der Waals surface area contributed by atoms with E-state index < -0.39 is 0 Å². The van der Waals surface area contributed by atoms with Crippen LogP contribution in [0.1, 0.15) is 13.8 Å². The third-order valence-electron chi connectivity index (χ3n) is 4.14. The molecule has 0 aromatic carbocycles. The van der Waals surface area contributed by atoms with Crippen LogP contribution in [0.15, 0.2) is 0 Å². The van der Waals surface area contributed by atoms with Gasteiger partial charge in [-0.15, -0.1) is 0 Å². The van der Waals surface area contributed by atoms with Crippen LogP contribution in [0.5, 0.6) is 0 Å². The van der Waals surface area contributed by atoms with E-state index in [1.165, 1.54) is 0 Å². The molecule has 1 aliphatic heterocycles. The number of rotatable bonds is 1. The van der Waals surface area contributed by atoms with Gasteiger partial charge in [-0.3, -0.25) is 0 Å². The molecule has 3 atom stereocenters. The van der Waals surface area contributed by atoms with E-state index in [0.717, 1.165) is 13.1 Å². The lowest BCUT2D eigenvalue weighted by molar-refractivity contribution is 0.205. The Kier molecular flexibility index (Phi) is 1.24. The van der Waals surface area contributed by atoms with Gasteiger partial charge in [0.1, 0.15) is 0 Å². The van der Waals surface area contributed by atoms with Gasteiger partial charge in [-0.25, -0.2) is 0 Å². The van der Waals surface area contributed by atoms with Crippen LogP contribution in [-0.2, 0) is 0 Å². The summed E-state index contributed by atoms with van der Waals surface area (Å²) in [5.74, 6) is 0.561.